The molecule has 102 valence electrons. The number of ether oxygens (including phenoxy) is 1. The zero-order valence-corrected chi connectivity index (χ0v) is 12.4. The zero-order valence-electron chi connectivity index (χ0n) is 11.6. The maximum absolute atomic E-state index is 6.14. The van der Waals surface area contributed by atoms with E-state index in [1.165, 1.54) is 25.7 Å². The Morgan fingerprint density at radius 2 is 2.00 bits per heavy atom. The average molecular weight is 262 g/mol. The van der Waals surface area contributed by atoms with E-state index in [9.17, 15) is 0 Å². The second-order valence-corrected chi connectivity index (χ2v) is 6.26. The zero-order chi connectivity index (χ0) is 12.7. The van der Waals surface area contributed by atoms with E-state index in [0.717, 1.165) is 31.6 Å². The summed E-state index contributed by atoms with van der Waals surface area (Å²) in [6.07, 6.45) is 5.02. The van der Waals surface area contributed by atoms with Gasteiger partial charge in [-0.1, -0.05) is 20.8 Å². The van der Waals surface area contributed by atoms with Crippen molar-refractivity contribution in [1.29, 1.82) is 0 Å². The first kappa shape index (κ1) is 15.3. The van der Waals surface area contributed by atoms with Gasteiger partial charge >= 0.3 is 0 Å². The summed E-state index contributed by atoms with van der Waals surface area (Å²) in [5.41, 5.74) is 0.176. The quantitative estimate of drug-likeness (QED) is 0.560. The van der Waals surface area contributed by atoms with Gasteiger partial charge < -0.3 is 10.1 Å². The second-order valence-electron chi connectivity index (χ2n) is 5.99. The van der Waals surface area contributed by atoms with Gasteiger partial charge in [-0.25, -0.2) is 0 Å². The Balaban J connectivity index is 2.18. The molecule has 0 spiro atoms. The van der Waals surface area contributed by atoms with Crippen molar-refractivity contribution in [3.63, 3.8) is 0 Å². The number of rotatable bonds is 7. The molecule has 0 unspecified atom stereocenters. The van der Waals surface area contributed by atoms with Gasteiger partial charge in [0.15, 0.2) is 0 Å². The maximum atomic E-state index is 6.14. The Kier molecular flexibility index (Phi) is 6.83. The van der Waals surface area contributed by atoms with Gasteiger partial charge in [-0.2, -0.15) is 0 Å². The van der Waals surface area contributed by atoms with Crippen LogP contribution in [0.1, 0.15) is 46.5 Å². The Bertz CT molecular complexity index is 200. The van der Waals surface area contributed by atoms with Crippen LogP contribution in [-0.2, 0) is 4.74 Å². The Morgan fingerprint density at radius 3 is 2.53 bits per heavy atom. The van der Waals surface area contributed by atoms with Crippen molar-refractivity contribution in [3.8, 4) is 0 Å². The molecule has 0 saturated heterocycles. The van der Waals surface area contributed by atoms with Crippen LogP contribution >= 0.6 is 11.6 Å². The highest BCUT2D eigenvalue weighted by Crippen LogP contribution is 2.32. The van der Waals surface area contributed by atoms with Gasteiger partial charge in [-0.05, 0) is 37.5 Å². The fraction of sp³-hybridized carbons (Fsp3) is 1.00. The monoisotopic (exact) mass is 261 g/mol. The summed E-state index contributed by atoms with van der Waals surface area (Å²) in [5, 5.41) is 3.62. The molecule has 0 heterocycles. The lowest BCUT2D eigenvalue weighted by Crippen LogP contribution is -2.50. The summed E-state index contributed by atoms with van der Waals surface area (Å²) >= 11 is 6.14. The molecule has 0 aromatic rings. The minimum atomic E-state index is 0.176. The summed E-state index contributed by atoms with van der Waals surface area (Å²) in [5.74, 6) is 2.21. The molecule has 1 aliphatic rings. The molecule has 1 saturated carbocycles. The topological polar surface area (TPSA) is 21.3 Å². The predicted octanol–water partition coefficient (Wildman–Crippen LogP) is 3.44. The minimum Gasteiger partial charge on any atom is -0.380 e. The molecule has 0 radical (unpaired) electrons. The SMILES string of the molecule is CC(C)COCCNC1(CCl)CCC(C)CC1. The first-order valence-corrected chi connectivity index (χ1v) is 7.50. The molecule has 0 bridgehead atoms. The van der Waals surface area contributed by atoms with Crippen LogP contribution in [0.3, 0.4) is 0 Å². The first-order chi connectivity index (χ1) is 8.08. The van der Waals surface area contributed by atoms with Gasteiger partial charge in [0.05, 0.1) is 6.61 Å². The highest BCUT2D eigenvalue weighted by molar-refractivity contribution is 6.18. The van der Waals surface area contributed by atoms with E-state index >= 15 is 0 Å². The van der Waals surface area contributed by atoms with Crippen molar-refractivity contribution in [1.82, 2.24) is 5.32 Å². The molecule has 0 aromatic heterocycles. The normalized spacial score (nSPS) is 29.8. The Hall–Kier alpha value is 0.210. The third kappa shape index (κ3) is 5.58. The van der Waals surface area contributed by atoms with E-state index in [4.69, 9.17) is 16.3 Å². The van der Waals surface area contributed by atoms with Crippen LogP contribution in [0.25, 0.3) is 0 Å². The number of hydrogen-bond acceptors (Lipinski definition) is 2. The maximum Gasteiger partial charge on any atom is 0.0591 e. The van der Waals surface area contributed by atoms with Gasteiger partial charge in [-0.15, -0.1) is 11.6 Å². The molecular weight excluding hydrogens is 234 g/mol. The fourth-order valence-corrected chi connectivity index (χ4v) is 2.74. The van der Waals surface area contributed by atoms with E-state index < -0.39 is 0 Å². The fourth-order valence-electron chi connectivity index (χ4n) is 2.38. The molecule has 0 amide bonds. The summed E-state index contributed by atoms with van der Waals surface area (Å²) in [6.45, 7) is 9.27. The molecule has 1 aliphatic carbocycles. The van der Waals surface area contributed by atoms with Crippen molar-refractivity contribution in [2.45, 2.75) is 52.0 Å². The molecular formula is C14H28ClNO. The summed E-state index contributed by atoms with van der Waals surface area (Å²) in [6, 6.07) is 0. The lowest BCUT2D eigenvalue weighted by atomic mass is 9.78. The number of halogens is 1. The molecule has 17 heavy (non-hydrogen) atoms. The minimum absolute atomic E-state index is 0.176. The van der Waals surface area contributed by atoms with Crippen LogP contribution in [0, 0.1) is 11.8 Å². The molecule has 1 fully saturated rings. The van der Waals surface area contributed by atoms with E-state index in [1.807, 2.05) is 0 Å². The third-order valence-corrected chi connectivity index (χ3v) is 4.20. The lowest BCUT2D eigenvalue weighted by molar-refractivity contribution is 0.101. The molecule has 1 N–H and O–H groups in total. The number of hydrogen-bond donors (Lipinski definition) is 1. The van der Waals surface area contributed by atoms with Crippen molar-refractivity contribution in [3.05, 3.63) is 0 Å². The van der Waals surface area contributed by atoms with Crippen molar-refractivity contribution in [2.24, 2.45) is 11.8 Å². The Labute approximate surface area is 111 Å². The van der Waals surface area contributed by atoms with Gasteiger partial charge in [0.1, 0.15) is 0 Å². The standard InChI is InChI=1S/C14H28ClNO/c1-12(2)10-17-9-8-16-14(11-15)6-4-13(3)5-7-14/h12-13,16H,4-11H2,1-3H3. The smallest absolute Gasteiger partial charge is 0.0591 e. The average Bonchev–Trinajstić information content (AvgIpc) is 2.31. The lowest BCUT2D eigenvalue weighted by Gasteiger charge is -2.39. The molecule has 0 aromatic carbocycles. The largest absolute Gasteiger partial charge is 0.380 e. The number of alkyl halides is 1. The van der Waals surface area contributed by atoms with Gasteiger partial charge in [0.25, 0.3) is 0 Å². The van der Waals surface area contributed by atoms with E-state index in [-0.39, 0.29) is 5.54 Å². The highest BCUT2D eigenvalue weighted by atomic mass is 35.5. The summed E-state index contributed by atoms with van der Waals surface area (Å²) < 4.78 is 5.59. The third-order valence-electron chi connectivity index (χ3n) is 3.68. The van der Waals surface area contributed by atoms with Crippen LogP contribution in [-0.4, -0.2) is 31.2 Å². The van der Waals surface area contributed by atoms with E-state index in [0.29, 0.717) is 5.92 Å². The van der Waals surface area contributed by atoms with E-state index in [2.05, 4.69) is 26.1 Å². The summed E-state index contributed by atoms with van der Waals surface area (Å²) in [7, 11) is 0. The van der Waals surface area contributed by atoms with Crippen LogP contribution in [0.15, 0.2) is 0 Å². The van der Waals surface area contributed by atoms with Gasteiger partial charge in [0.2, 0.25) is 0 Å². The second kappa shape index (κ2) is 7.60. The van der Waals surface area contributed by atoms with Crippen LogP contribution in [0.4, 0.5) is 0 Å². The molecule has 0 aliphatic heterocycles. The first-order valence-electron chi connectivity index (χ1n) is 6.97. The van der Waals surface area contributed by atoms with Crippen molar-refractivity contribution >= 4 is 11.6 Å². The van der Waals surface area contributed by atoms with Crippen molar-refractivity contribution < 1.29 is 4.74 Å². The molecule has 1 rings (SSSR count). The molecule has 2 nitrogen and oxygen atoms in total. The van der Waals surface area contributed by atoms with Gasteiger partial charge in [0, 0.05) is 24.6 Å². The van der Waals surface area contributed by atoms with Crippen LogP contribution < -0.4 is 5.32 Å². The highest BCUT2D eigenvalue weighted by Gasteiger charge is 2.32. The molecule has 3 heteroatoms. The predicted molar refractivity (Wildman–Crippen MR) is 74.7 cm³/mol. The van der Waals surface area contributed by atoms with E-state index in [1.54, 1.807) is 0 Å². The van der Waals surface area contributed by atoms with Crippen LogP contribution in [0.5, 0.6) is 0 Å². The summed E-state index contributed by atoms with van der Waals surface area (Å²) in [4.78, 5) is 0. The van der Waals surface area contributed by atoms with Gasteiger partial charge in [-0.3, -0.25) is 0 Å². The Morgan fingerprint density at radius 1 is 1.35 bits per heavy atom. The van der Waals surface area contributed by atoms with Crippen molar-refractivity contribution in [2.75, 3.05) is 25.6 Å². The molecule has 0 atom stereocenters. The van der Waals surface area contributed by atoms with Crippen LogP contribution in [0.2, 0.25) is 0 Å². The number of nitrogens with one attached hydrogen (secondary N) is 1.